The number of amides is 1. The molecule has 0 fully saturated rings. The summed E-state index contributed by atoms with van der Waals surface area (Å²) in [7, 11) is 0. The quantitative estimate of drug-likeness (QED) is 0.654. The molecule has 1 aliphatic rings. The number of thioether (sulfide) groups is 1. The normalized spacial score (nSPS) is 18.1. The molecule has 106 valence electrons. The number of hydrogen-bond acceptors (Lipinski definition) is 4. The molecule has 0 aliphatic carbocycles. The minimum Gasteiger partial charge on any atom is -0.355 e. The highest BCUT2D eigenvalue weighted by Gasteiger charge is 2.25. The van der Waals surface area contributed by atoms with E-state index in [9.17, 15) is 4.79 Å². The van der Waals surface area contributed by atoms with E-state index in [1.54, 1.807) is 6.33 Å². The maximum Gasteiger partial charge on any atom is 0.237 e. The molecule has 1 aromatic rings. The third kappa shape index (κ3) is 4.24. The second-order valence-electron chi connectivity index (χ2n) is 4.81. The Kier molecular flexibility index (Phi) is 5.72. The number of H-pyrrole nitrogens is 1. The number of hydrogen-bond donors (Lipinski definition) is 3. The topological polar surface area (TPSA) is 69.8 Å². The van der Waals surface area contributed by atoms with Crippen LogP contribution < -0.4 is 10.6 Å². The van der Waals surface area contributed by atoms with E-state index in [4.69, 9.17) is 0 Å². The number of nitrogens with one attached hydrogen (secondary N) is 3. The van der Waals surface area contributed by atoms with Gasteiger partial charge in [0.2, 0.25) is 5.91 Å². The fourth-order valence-electron chi connectivity index (χ4n) is 2.24. The number of nitrogens with zero attached hydrogens (tertiary/aromatic N) is 1. The summed E-state index contributed by atoms with van der Waals surface area (Å²) < 4.78 is 0. The molecule has 1 amide bonds. The first-order valence-electron chi connectivity index (χ1n) is 6.82. The highest BCUT2D eigenvalue weighted by molar-refractivity contribution is 7.98. The van der Waals surface area contributed by atoms with Crippen molar-refractivity contribution in [3.05, 3.63) is 17.7 Å². The van der Waals surface area contributed by atoms with Crippen LogP contribution in [0.2, 0.25) is 0 Å². The molecule has 1 aliphatic heterocycles. The molecule has 3 N–H and O–H groups in total. The van der Waals surface area contributed by atoms with E-state index < -0.39 is 0 Å². The van der Waals surface area contributed by atoms with Gasteiger partial charge >= 0.3 is 0 Å². The summed E-state index contributed by atoms with van der Waals surface area (Å²) in [6.45, 7) is 1.47. The lowest BCUT2D eigenvalue weighted by Gasteiger charge is -2.22. The summed E-state index contributed by atoms with van der Waals surface area (Å²) >= 11 is 1.88. The van der Waals surface area contributed by atoms with Gasteiger partial charge in [-0.15, -0.1) is 0 Å². The van der Waals surface area contributed by atoms with Crippen LogP contribution in [0.15, 0.2) is 6.33 Å². The minimum absolute atomic E-state index is 0.0958. The SMILES string of the molecule is CSCCCCCNC(=O)C1Cc2nc[nH]c2CN1. The number of carbonyl (C=O) groups excluding carboxylic acids is 1. The van der Waals surface area contributed by atoms with Gasteiger partial charge in [0.1, 0.15) is 0 Å². The van der Waals surface area contributed by atoms with E-state index in [-0.39, 0.29) is 11.9 Å². The van der Waals surface area contributed by atoms with Crippen molar-refractivity contribution in [3.8, 4) is 0 Å². The summed E-state index contributed by atoms with van der Waals surface area (Å²) in [5.41, 5.74) is 2.11. The first kappa shape index (κ1) is 14.4. The smallest absolute Gasteiger partial charge is 0.237 e. The Labute approximate surface area is 118 Å². The molecule has 19 heavy (non-hydrogen) atoms. The van der Waals surface area contributed by atoms with Crippen LogP contribution in [0.4, 0.5) is 0 Å². The van der Waals surface area contributed by atoms with Crippen molar-refractivity contribution in [1.82, 2.24) is 20.6 Å². The third-order valence-electron chi connectivity index (χ3n) is 3.37. The summed E-state index contributed by atoms with van der Waals surface area (Å²) in [4.78, 5) is 19.3. The van der Waals surface area contributed by atoms with E-state index in [2.05, 4.69) is 26.9 Å². The molecule has 1 aromatic heterocycles. The molecule has 0 radical (unpaired) electrons. The van der Waals surface area contributed by atoms with Crippen molar-refractivity contribution < 1.29 is 4.79 Å². The Morgan fingerprint density at radius 1 is 1.53 bits per heavy atom. The molecule has 0 saturated carbocycles. The lowest BCUT2D eigenvalue weighted by Crippen LogP contribution is -2.47. The van der Waals surface area contributed by atoms with E-state index in [0.29, 0.717) is 13.0 Å². The Bertz CT molecular complexity index is 407. The van der Waals surface area contributed by atoms with Gasteiger partial charge in [-0.3, -0.25) is 10.1 Å². The van der Waals surface area contributed by atoms with Gasteiger partial charge in [-0.05, 0) is 24.9 Å². The molecular weight excluding hydrogens is 260 g/mol. The minimum atomic E-state index is -0.137. The number of aromatic amines is 1. The van der Waals surface area contributed by atoms with Gasteiger partial charge in [0.05, 0.1) is 23.8 Å². The number of rotatable bonds is 7. The zero-order valence-corrected chi connectivity index (χ0v) is 12.2. The number of fused-ring (bicyclic) bond motifs is 1. The van der Waals surface area contributed by atoms with Gasteiger partial charge in [0, 0.05) is 19.5 Å². The fourth-order valence-corrected chi connectivity index (χ4v) is 2.73. The molecule has 0 saturated heterocycles. The van der Waals surface area contributed by atoms with Crippen molar-refractivity contribution in [3.63, 3.8) is 0 Å². The molecular formula is C13H22N4OS. The summed E-state index contributed by atoms with van der Waals surface area (Å²) in [5.74, 6) is 1.30. The second-order valence-corrected chi connectivity index (χ2v) is 5.80. The van der Waals surface area contributed by atoms with Gasteiger partial charge in [-0.1, -0.05) is 6.42 Å². The molecule has 0 bridgehead atoms. The number of aromatic nitrogens is 2. The lowest BCUT2D eigenvalue weighted by atomic mass is 10.0. The van der Waals surface area contributed by atoms with Gasteiger partial charge in [-0.2, -0.15) is 11.8 Å². The predicted molar refractivity (Wildman–Crippen MR) is 78.2 cm³/mol. The highest BCUT2D eigenvalue weighted by Crippen LogP contribution is 2.12. The zero-order valence-electron chi connectivity index (χ0n) is 11.4. The summed E-state index contributed by atoms with van der Waals surface area (Å²) in [6.07, 6.45) is 7.97. The van der Waals surface area contributed by atoms with Crippen molar-refractivity contribution in [2.75, 3.05) is 18.6 Å². The van der Waals surface area contributed by atoms with Crippen LogP contribution in [0.3, 0.4) is 0 Å². The highest BCUT2D eigenvalue weighted by atomic mass is 32.2. The van der Waals surface area contributed by atoms with Crippen LogP contribution in [-0.2, 0) is 17.8 Å². The molecule has 0 aromatic carbocycles. The average molecular weight is 282 g/mol. The standard InChI is InChI=1S/C13H22N4OS/c1-19-6-4-2-3-5-14-13(18)11-7-10-12(8-15-11)17-9-16-10/h9,11,15H,2-8H2,1H3,(H,14,18)(H,16,17). The van der Waals surface area contributed by atoms with Gasteiger partial charge < -0.3 is 10.3 Å². The van der Waals surface area contributed by atoms with Crippen molar-refractivity contribution in [2.24, 2.45) is 0 Å². The molecule has 1 unspecified atom stereocenters. The van der Waals surface area contributed by atoms with Gasteiger partial charge in [-0.25, -0.2) is 4.98 Å². The Morgan fingerprint density at radius 3 is 3.26 bits per heavy atom. The molecule has 6 heteroatoms. The third-order valence-corrected chi connectivity index (χ3v) is 4.07. The van der Waals surface area contributed by atoms with Crippen LogP contribution in [0.25, 0.3) is 0 Å². The molecule has 2 rings (SSSR count). The molecule has 0 spiro atoms. The van der Waals surface area contributed by atoms with Crippen molar-refractivity contribution in [2.45, 2.75) is 38.3 Å². The van der Waals surface area contributed by atoms with Crippen molar-refractivity contribution in [1.29, 1.82) is 0 Å². The lowest BCUT2D eigenvalue weighted by molar-refractivity contribution is -0.123. The second kappa shape index (κ2) is 7.55. The maximum absolute atomic E-state index is 12.0. The van der Waals surface area contributed by atoms with E-state index in [1.165, 1.54) is 18.6 Å². The summed E-state index contributed by atoms with van der Waals surface area (Å²) in [6, 6.07) is -0.137. The predicted octanol–water partition coefficient (Wildman–Crippen LogP) is 1.07. The molecule has 1 atom stereocenters. The van der Waals surface area contributed by atoms with Crippen LogP contribution in [0.1, 0.15) is 30.7 Å². The Hall–Kier alpha value is -1.01. The first-order valence-corrected chi connectivity index (χ1v) is 8.22. The van der Waals surface area contributed by atoms with Crippen LogP contribution in [-0.4, -0.2) is 40.5 Å². The largest absolute Gasteiger partial charge is 0.355 e. The van der Waals surface area contributed by atoms with Gasteiger partial charge in [0.25, 0.3) is 0 Å². The zero-order chi connectivity index (χ0) is 13.5. The fraction of sp³-hybridized carbons (Fsp3) is 0.692. The van der Waals surface area contributed by atoms with Crippen molar-refractivity contribution >= 4 is 17.7 Å². The molecule has 2 heterocycles. The monoisotopic (exact) mass is 282 g/mol. The van der Waals surface area contributed by atoms with Gasteiger partial charge in [0.15, 0.2) is 0 Å². The van der Waals surface area contributed by atoms with Crippen LogP contribution in [0.5, 0.6) is 0 Å². The molecule has 5 nitrogen and oxygen atoms in total. The number of carbonyl (C=O) groups is 1. The summed E-state index contributed by atoms with van der Waals surface area (Å²) in [5, 5.41) is 6.24. The Balaban J connectivity index is 1.64. The van der Waals surface area contributed by atoms with Crippen LogP contribution in [0, 0.1) is 0 Å². The number of imidazole rings is 1. The van der Waals surface area contributed by atoms with E-state index >= 15 is 0 Å². The Morgan fingerprint density at radius 2 is 2.42 bits per heavy atom. The average Bonchev–Trinajstić information content (AvgIpc) is 2.89. The number of unbranched alkanes of at least 4 members (excludes halogenated alkanes) is 2. The van der Waals surface area contributed by atoms with Crippen LogP contribution >= 0.6 is 11.8 Å². The first-order chi connectivity index (χ1) is 9.31. The van der Waals surface area contributed by atoms with E-state index in [1.807, 2.05) is 11.8 Å². The van der Waals surface area contributed by atoms with E-state index in [0.717, 1.165) is 24.4 Å². The maximum atomic E-state index is 12.0.